The molecule has 8 N–H and O–H groups in total. The van der Waals surface area contributed by atoms with Crippen molar-refractivity contribution in [1.82, 2.24) is 4.72 Å². The second kappa shape index (κ2) is 11.3. The second-order valence-corrected chi connectivity index (χ2v) is 8.57. The molecule has 0 heterocycles. The standard InChI is InChI=1S/C21H26N6O5S/c1-2-32-21(29)17(27-33(30,31)16-9-7-14(8-10-16)19(23)24)11-13-3-5-15(6-4-13)20(25)26-18(28)12-22/h3-10,17,27H,2,11-12,22H2,1H3,(H3,23,24)(H2,25,26,28)/t17-/m0/s1. The van der Waals surface area contributed by atoms with Crippen LogP contribution in [0.5, 0.6) is 0 Å². The van der Waals surface area contributed by atoms with Crippen molar-refractivity contribution in [2.45, 2.75) is 24.3 Å². The molecule has 0 fully saturated rings. The molecule has 0 bridgehead atoms. The normalized spacial score (nSPS) is 12.7. The molecule has 0 unspecified atom stereocenters. The zero-order chi connectivity index (χ0) is 24.6. The van der Waals surface area contributed by atoms with Gasteiger partial charge < -0.3 is 21.9 Å². The van der Waals surface area contributed by atoms with E-state index in [1.54, 1.807) is 31.2 Å². The highest BCUT2D eigenvalue weighted by Crippen LogP contribution is 2.14. The third-order valence-corrected chi connectivity index (χ3v) is 5.94. The summed E-state index contributed by atoms with van der Waals surface area (Å²) in [6, 6.07) is 10.6. The van der Waals surface area contributed by atoms with Crippen LogP contribution in [0.4, 0.5) is 0 Å². The molecule has 0 aromatic heterocycles. The third kappa shape index (κ3) is 7.20. The van der Waals surface area contributed by atoms with Gasteiger partial charge in [-0.2, -0.15) is 9.71 Å². The molecule has 2 aromatic carbocycles. The van der Waals surface area contributed by atoms with Crippen molar-refractivity contribution in [3.63, 3.8) is 0 Å². The minimum Gasteiger partial charge on any atom is -0.465 e. The van der Waals surface area contributed by atoms with Crippen molar-refractivity contribution in [3.8, 4) is 0 Å². The maximum absolute atomic E-state index is 12.8. The number of nitrogens with two attached hydrogens (primary N) is 3. The number of ether oxygens (including phenoxy) is 1. The molecular formula is C21H26N6O5S. The van der Waals surface area contributed by atoms with Crippen molar-refractivity contribution in [2.75, 3.05) is 13.2 Å². The average Bonchev–Trinajstić information content (AvgIpc) is 2.79. The highest BCUT2D eigenvalue weighted by atomic mass is 32.2. The number of benzene rings is 2. The Balaban J connectivity index is 2.24. The maximum Gasteiger partial charge on any atom is 0.324 e. The predicted octanol–water partition coefficient (Wildman–Crippen LogP) is -0.386. The first-order valence-electron chi connectivity index (χ1n) is 9.87. The molecular weight excluding hydrogens is 448 g/mol. The topological polar surface area (TPSA) is 204 Å². The third-order valence-electron chi connectivity index (χ3n) is 4.45. The number of aliphatic imine (C=N–C) groups is 1. The molecule has 1 atom stereocenters. The van der Waals surface area contributed by atoms with Crippen molar-refractivity contribution in [3.05, 3.63) is 65.2 Å². The fourth-order valence-electron chi connectivity index (χ4n) is 2.78. The quantitative estimate of drug-likeness (QED) is 0.174. The maximum atomic E-state index is 12.8. The number of sulfonamides is 1. The van der Waals surface area contributed by atoms with Crippen LogP contribution in [0.15, 0.2) is 58.4 Å². The molecule has 12 heteroatoms. The number of carbonyl (C=O) groups is 2. The summed E-state index contributed by atoms with van der Waals surface area (Å²) < 4.78 is 33.0. The van der Waals surface area contributed by atoms with E-state index in [9.17, 15) is 18.0 Å². The van der Waals surface area contributed by atoms with E-state index < -0.39 is 27.9 Å². The molecule has 0 saturated carbocycles. The van der Waals surface area contributed by atoms with E-state index in [1.807, 2.05) is 0 Å². The van der Waals surface area contributed by atoms with Crippen molar-refractivity contribution in [2.24, 2.45) is 22.2 Å². The van der Waals surface area contributed by atoms with Gasteiger partial charge in [0.1, 0.15) is 17.7 Å². The lowest BCUT2D eigenvalue weighted by Gasteiger charge is -2.18. The lowest BCUT2D eigenvalue weighted by Crippen LogP contribution is -2.43. The number of amides is 1. The van der Waals surface area contributed by atoms with Crippen molar-refractivity contribution < 1.29 is 22.7 Å². The summed E-state index contributed by atoms with van der Waals surface area (Å²) in [5.41, 5.74) is 17.8. The molecule has 2 aromatic rings. The number of nitrogens with zero attached hydrogens (tertiary/aromatic N) is 1. The Labute approximate surface area is 191 Å². The number of hydrogen-bond donors (Lipinski definition) is 5. The Kier molecular flexibility index (Phi) is 8.79. The Morgan fingerprint density at radius 2 is 1.64 bits per heavy atom. The van der Waals surface area contributed by atoms with E-state index in [4.69, 9.17) is 27.3 Å². The van der Waals surface area contributed by atoms with E-state index in [2.05, 4.69) is 9.71 Å². The van der Waals surface area contributed by atoms with Gasteiger partial charge >= 0.3 is 5.97 Å². The van der Waals surface area contributed by atoms with E-state index in [1.165, 1.54) is 24.3 Å². The molecule has 11 nitrogen and oxygen atoms in total. The van der Waals surface area contributed by atoms with Gasteiger partial charge in [-0.05, 0) is 43.2 Å². The van der Waals surface area contributed by atoms with Crippen LogP contribution >= 0.6 is 0 Å². The number of nitrogens with one attached hydrogen (secondary N) is 2. The van der Waals surface area contributed by atoms with Crippen molar-refractivity contribution >= 4 is 33.6 Å². The molecule has 176 valence electrons. The number of nitrogen functional groups attached to an aromatic ring is 1. The first-order chi connectivity index (χ1) is 15.6. The molecule has 0 spiro atoms. The highest BCUT2D eigenvalue weighted by molar-refractivity contribution is 7.89. The van der Waals surface area contributed by atoms with Gasteiger partial charge in [0, 0.05) is 11.1 Å². The molecule has 1 amide bonds. The number of hydrogen-bond acceptors (Lipinski definition) is 7. The second-order valence-electron chi connectivity index (χ2n) is 6.86. The molecule has 0 aliphatic heterocycles. The van der Waals surface area contributed by atoms with E-state index in [0.717, 1.165) is 0 Å². The van der Waals surface area contributed by atoms with E-state index in [-0.39, 0.29) is 36.1 Å². The highest BCUT2D eigenvalue weighted by Gasteiger charge is 2.27. The minimum absolute atomic E-state index is 0.00263. The summed E-state index contributed by atoms with van der Waals surface area (Å²) >= 11 is 0. The summed E-state index contributed by atoms with van der Waals surface area (Å²) in [6.07, 6.45) is 0.00263. The summed E-state index contributed by atoms with van der Waals surface area (Å²) in [5.74, 6) is -1.50. The Morgan fingerprint density at radius 1 is 1.06 bits per heavy atom. The summed E-state index contributed by atoms with van der Waals surface area (Å²) in [4.78, 5) is 27.3. The average molecular weight is 475 g/mol. The van der Waals surface area contributed by atoms with Gasteiger partial charge in [-0.25, -0.2) is 8.42 Å². The number of esters is 1. The van der Waals surface area contributed by atoms with Crippen LogP contribution in [-0.2, 0) is 30.8 Å². The number of rotatable bonds is 10. The van der Waals surface area contributed by atoms with Crippen LogP contribution in [0.25, 0.3) is 0 Å². The molecule has 33 heavy (non-hydrogen) atoms. The van der Waals surface area contributed by atoms with Gasteiger partial charge in [0.15, 0.2) is 0 Å². The zero-order valence-electron chi connectivity index (χ0n) is 17.9. The Hall–Kier alpha value is -3.61. The van der Waals surface area contributed by atoms with Gasteiger partial charge in [-0.1, -0.05) is 24.3 Å². The van der Waals surface area contributed by atoms with E-state index >= 15 is 0 Å². The first kappa shape index (κ1) is 25.6. The molecule has 0 radical (unpaired) electrons. The molecule has 0 aliphatic carbocycles. The Bertz CT molecular complexity index is 1140. The van der Waals surface area contributed by atoms with Crippen LogP contribution in [0.1, 0.15) is 23.6 Å². The van der Waals surface area contributed by atoms with Gasteiger partial charge in [0.25, 0.3) is 5.91 Å². The molecule has 2 rings (SSSR count). The van der Waals surface area contributed by atoms with Gasteiger partial charge in [0.2, 0.25) is 10.0 Å². The fourth-order valence-corrected chi connectivity index (χ4v) is 3.96. The summed E-state index contributed by atoms with van der Waals surface area (Å²) in [6.45, 7) is 1.42. The molecule has 0 saturated heterocycles. The SMILES string of the molecule is CCOC(=O)[C@H](Cc1ccc(C(N)=NC(=O)CN)cc1)NS(=O)(=O)c1ccc(C(=N)N)cc1. The fraction of sp³-hybridized carbons (Fsp3) is 0.238. The van der Waals surface area contributed by atoms with Crippen LogP contribution in [-0.4, -0.2) is 51.2 Å². The van der Waals surface area contributed by atoms with E-state index in [0.29, 0.717) is 16.7 Å². The largest absolute Gasteiger partial charge is 0.465 e. The summed E-state index contributed by atoms with van der Waals surface area (Å²) in [5, 5.41) is 7.40. The zero-order valence-corrected chi connectivity index (χ0v) is 18.8. The lowest BCUT2D eigenvalue weighted by molar-refractivity contribution is -0.145. The van der Waals surface area contributed by atoms with Gasteiger partial charge in [-0.3, -0.25) is 15.0 Å². The number of carbonyl (C=O) groups excluding carboxylic acids is 2. The minimum atomic E-state index is -4.07. The molecule has 0 aliphatic rings. The van der Waals surface area contributed by atoms with Gasteiger partial charge in [0.05, 0.1) is 18.0 Å². The predicted molar refractivity (Wildman–Crippen MR) is 123 cm³/mol. The van der Waals surface area contributed by atoms with Crippen LogP contribution in [0.2, 0.25) is 0 Å². The Morgan fingerprint density at radius 3 is 2.15 bits per heavy atom. The smallest absolute Gasteiger partial charge is 0.324 e. The van der Waals surface area contributed by atoms with Gasteiger partial charge in [-0.15, -0.1) is 0 Å². The first-order valence-corrected chi connectivity index (χ1v) is 11.4. The monoisotopic (exact) mass is 474 g/mol. The number of amidine groups is 2. The van der Waals surface area contributed by atoms with Crippen LogP contribution in [0.3, 0.4) is 0 Å². The van der Waals surface area contributed by atoms with Crippen LogP contribution < -0.4 is 21.9 Å². The lowest BCUT2D eigenvalue weighted by atomic mass is 10.0. The van der Waals surface area contributed by atoms with Crippen molar-refractivity contribution in [1.29, 1.82) is 5.41 Å². The van der Waals surface area contributed by atoms with Crippen LogP contribution in [0, 0.1) is 5.41 Å². The summed E-state index contributed by atoms with van der Waals surface area (Å²) in [7, 11) is -4.07.